The van der Waals surface area contributed by atoms with Crippen LogP contribution in [0.1, 0.15) is 127 Å². The van der Waals surface area contributed by atoms with Gasteiger partial charge in [0.1, 0.15) is 23.0 Å². The number of rotatable bonds is 10. The second kappa shape index (κ2) is 17.6. The molecule has 0 aliphatic heterocycles. The summed E-state index contributed by atoms with van der Waals surface area (Å²) in [4.78, 5) is 0. The van der Waals surface area contributed by atoms with Crippen molar-refractivity contribution in [3.05, 3.63) is 141 Å². The molecule has 10 rings (SSSR count). The van der Waals surface area contributed by atoms with Gasteiger partial charge in [-0.25, -0.2) is 0 Å². The number of fused-ring (bicyclic) bond motifs is 4. The van der Waals surface area contributed by atoms with Crippen LogP contribution in [0.2, 0.25) is 0 Å². The number of phenolic OH excluding ortho intramolecular Hbond substituents is 2. The third kappa shape index (κ3) is 8.04. The molecule has 0 spiro atoms. The topological polar surface area (TPSA) is 58.9 Å². The van der Waals surface area contributed by atoms with Crippen molar-refractivity contribution in [2.75, 3.05) is 0 Å². The van der Waals surface area contributed by atoms with E-state index in [-0.39, 0.29) is 12.2 Å². The maximum Gasteiger partial charge on any atom is 0.131 e. The standard InChI is InChI=1S/C59H64O4/c1-36-29-50(58(60)52(31-36)56-44-21-9-5-17-40(44)34-41-18-6-10-22-45(41)56)48-25-13-15-27-54(48)62-38(3)33-39(4)63-55-28-16-14-26-49(55)51-30-37(2)32-53(59(51)61)57-46-23-11-7-19-42(46)35-43-20-8-12-24-47(43)57/h13-16,25-32,34-35,38-39,60-61H,5-12,17-24,33H2,1-4H3/t38-,39-/m1/s1. The number of hydrogen-bond acceptors (Lipinski definition) is 4. The quantitative estimate of drug-likeness (QED) is 0.144. The molecule has 2 atom stereocenters. The molecule has 6 aromatic rings. The van der Waals surface area contributed by atoms with Crippen LogP contribution in [0, 0.1) is 13.8 Å². The lowest BCUT2D eigenvalue weighted by molar-refractivity contribution is 0.131. The number of aromatic hydroxyl groups is 2. The largest absolute Gasteiger partial charge is 0.507 e. The SMILES string of the molecule is Cc1cc(-c2ccccc2O[C@H](C)C[C@@H](C)Oc2ccccc2-c2cc(C)cc(-c3c4c(cc5c3CCCC5)CCCC4)c2O)c(O)c(-c2c3c(cc4c2CCCC4)CCCC3)c1. The van der Waals surface area contributed by atoms with E-state index in [0.29, 0.717) is 17.9 Å². The van der Waals surface area contributed by atoms with E-state index >= 15 is 0 Å². The Morgan fingerprint density at radius 1 is 0.413 bits per heavy atom. The summed E-state index contributed by atoms with van der Waals surface area (Å²) in [5.74, 6) is 2.20. The molecular weight excluding hydrogens is 773 g/mol. The van der Waals surface area contributed by atoms with E-state index in [1.807, 2.05) is 36.4 Å². The van der Waals surface area contributed by atoms with Crippen LogP contribution >= 0.6 is 0 Å². The van der Waals surface area contributed by atoms with Crippen LogP contribution in [0.5, 0.6) is 23.0 Å². The molecule has 324 valence electrons. The van der Waals surface area contributed by atoms with E-state index in [9.17, 15) is 10.2 Å². The highest BCUT2D eigenvalue weighted by Gasteiger charge is 2.29. The lowest BCUT2D eigenvalue weighted by Crippen LogP contribution is -2.23. The highest BCUT2D eigenvalue weighted by molar-refractivity contribution is 5.90. The number of phenols is 2. The molecule has 0 aromatic heterocycles. The summed E-state index contributed by atoms with van der Waals surface area (Å²) in [5.41, 5.74) is 22.0. The number of aryl methyl sites for hydroxylation is 6. The van der Waals surface area contributed by atoms with Crippen LogP contribution in [0.25, 0.3) is 44.5 Å². The smallest absolute Gasteiger partial charge is 0.131 e. The van der Waals surface area contributed by atoms with Gasteiger partial charge in [-0.05, 0) is 234 Å². The molecule has 0 unspecified atom stereocenters. The first-order valence-corrected chi connectivity index (χ1v) is 24.2. The molecule has 63 heavy (non-hydrogen) atoms. The van der Waals surface area contributed by atoms with E-state index in [0.717, 1.165) is 107 Å². The molecule has 0 saturated carbocycles. The zero-order valence-electron chi connectivity index (χ0n) is 38.0. The van der Waals surface area contributed by atoms with Gasteiger partial charge in [-0.2, -0.15) is 0 Å². The Hall–Kier alpha value is -5.48. The molecule has 4 heteroatoms. The van der Waals surface area contributed by atoms with Gasteiger partial charge < -0.3 is 19.7 Å². The monoisotopic (exact) mass is 836 g/mol. The molecular formula is C59H64O4. The second-order valence-corrected chi connectivity index (χ2v) is 19.4. The fourth-order valence-corrected chi connectivity index (χ4v) is 11.9. The molecule has 4 aliphatic carbocycles. The van der Waals surface area contributed by atoms with E-state index in [4.69, 9.17) is 9.47 Å². The van der Waals surface area contributed by atoms with Crippen molar-refractivity contribution in [2.24, 2.45) is 0 Å². The lowest BCUT2D eigenvalue weighted by atomic mass is 9.76. The minimum Gasteiger partial charge on any atom is -0.507 e. The van der Waals surface area contributed by atoms with Gasteiger partial charge in [0.15, 0.2) is 0 Å². The molecule has 4 aliphatic rings. The predicted molar refractivity (Wildman–Crippen MR) is 259 cm³/mol. The Balaban J connectivity index is 0.923. The lowest BCUT2D eigenvalue weighted by Gasteiger charge is -2.29. The Kier molecular flexibility index (Phi) is 11.6. The summed E-state index contributed by atoms with van der Waals surface area (Å²) in [6.07, 6.45) is 18.9. The molecule has 0 bridgehead atoms. The van der Waals surface area contributed by atoms with Gasteiger partial charge in [0.2, 0.25) is 0 Å². The van der Waals surface area contributed by atoms with Crippen LogP contribution in [0.15, 0.2) is 84.9 Å². The third-order valence-electron chi connectivity index (χ3n) is 14.7. The first-order chi connectivity index (χ1) is 30.7. The van der Waals surface area contributed by atoms with E-state index < -0.39 is 0 Å². The van der Waals surface area contributed by atoms with Gasteiger partial charge >= 0.3 is 0 Å². The first-order valence-electron chi connectivity index (χ1n) is 24.2. The highest BCUT2D eigenvalue weighted by atomic mass is 16.5. The fourth-order valence-electron chi connectivity index (χ4n) is 11.9. The molecule has 0 saturated heterocycles. The van der Waals surface area contributed by atoms with Crippen molar-refractivity contribution in [1.29, 1.82) is 0 Å². The second-order valence-electron chi connectivity index (χ2n) is 19.4. The van der Waals surface area contributed by atoms with Crippen molar-refractivity contribution in [1.82, 2.24) is 0 Å². The molecule has 0 amide bonds. The molecule has 0 fully saturated rings. The van der Waals surface area contributed by atoms with E-state index in [1.54, 1.807) is 0 Å². The number of hydrogen-bond donors (Lipinski definition) is 2. The maximum atomic E-state index is 12.3. The zero-order chi connectivity index (χ0) is 43.2. The van der Waals surface area contributed by atoms with E-state index in [1.165, 1.54) is 107 Å². The van der Waals surface area contributed by atoms with Crippen molar-refractivity contribution >= 4 is 0 Å². The number of benzene rings is 6. The molecule has 6 aromatic carbocycles. The van der Waals surface area contributed by atoms with Crippen molar-refractivity contribution in [2.45, 2.75) is 149 Å². The average Bonchev–Trinajstić information content (AvgIpc) is 3.29. The Labute approximate surface area is 375 Å². The van der Waals surface area contributed by atoms with Gasteiger partial charge in [0.05, 0.1) is 12.2 Å². The highest BCUT2D eigenvalue weighted by Crippen LogP contribution is 2.50. The summed E-state index contributed by atoms with van der Waals surface area (Å²) >= 11 is 0. The third-order valence-corrected chi connectivity index (χ3v) is 14.7. The Bertz CT molecular complexity index is 2450. The summed E-state index contributed by atoms with van der Waals surface area (Å²) in [7, 11) is 0. The summed E-state index contributed by atoms with van der Waals surface area (Å²) in [5, 5.41) is 24.7. The van der Waals surface area contributed by atoms with Crippen LogP contribution in [0.4, 0.5) is 0 Å². The van der Waals surface area contributed by atoms with Gasteiger partial charge in [-0.15, -0.1) is 0 Å². The van der Waals surface area contributed by atoms with Crippen molar-refractivity contribution in [3.63, 3.8) is 0 Å². The number of ether oxygens (including phenoxy) is 2. The number of para-hydroxylation sites is 2. The Morgan fingerprint density at radius 2 is 0.730 bits per heavy atom. The molecule has 4 nitrogen and oxygen atoms in total. The summed E-state index contributed by atoms with van der Waals surface area (Å²) < 4.78 is 13.6. The molecule has 0 radical (unpaired) electrons. The van der Waals surface area contributed by atoms with Gasteiger partial charge in [-0.1, -0.05) is 48.5 Å². The average molecular weight is 837 g/mol. The van der Waals surface area contributed by atoms with Crippen LogP contribution in [-0.4, -0.2) is 22.4 Å². The minimum absolute atomic E-state index is 0.178. The van der Waals surface area contributed by atoms with Crippen LogP contribution < -0.4 is 9.47 Å². The zero-order valence-corrected chi connectivity index (χ0v) is 38.0. The van der Waals surface area contributed by atoms with Crippen LogP contribution in [-0.2, 0) is 51.4 Å². The summed E-state index contributed by atoms with van der Waals surface area (Å²) in [6, 6.07) is 30.0. The van der Waals surface area contributed by atoms with Gasteiger partial charge in [0, 0.05) is 39.8 Å². The summed E-state index contributed by atoms with van der Waals surface area (Å²) in [6.45, 7) is 8.51. The minimum atomic E-state index is -0.178. The first kappa shape index (κ1) is 41.5. The molecule has 2 N–H and O–H groups in total. The Morgan fingerprint density at radius 3 is 1.10 bits per heavy atom. The fraction of sp³-hybridized carbons (Fsp3) is 0.390. The van der Waals surface area contributed by atoms with Crippen LogP contribution in [0.3, 0.4) is 0 Å². The van der Waals surface area contributed by atoms with E-state index in [2.05, 4.69) is 76.2 Å². The predicted octanol–water partition coefficient (Wildman–Crippen LogP) is 14.5. The maximum absolute atomic E-state index is 12.3. The normalized spacial score (nSPS) is 16.6. The van der Waals surface area contributed by atoms with Gasteiger partial charge in [0.25, 0.3) is 0 Å². The van der Waals surface area contributed by atoms with Crippen molar-refractivity contribution in [3.8, 4) is 67.5 Å². The van der Waals surface area contributed by atoms with Gasteiger partial charge in [-0.3, -0.25) is 0 Å². The molecule has 0 heterocycles. The van der Waals surface area contributed by atoms with Crippen molar-refractivity contribution < 1.29 is 19.7 Å².